The Bertz CT molecular complexity index is 493. The van der Waals surface area contributed by atoms with E-state index >= 15 is 0 Å². The van der Waals surface area contributed by atoms with Gasteiger partial charge in [-0.2, -0.15) is 0 Å². The van der Waals surface area contributed by atoms with E-state index in [1.54, 1.807) is 0 Å². The topological polar surface area (TPSA) is 50.4 Å². The summed E-state index contributed by atoms with van der Waals surface area (Å²) >= 11 is 0. The summed E-state index contributed by atoms with van der Waals surface area (Å²) in [5.74, 6) is 0.0359. The average molecular weight is 297 g/mol. The molecule has 1 saturated heterocycles. The molecule has 1 fully saturated rings. The van der Waals surface area contributed by atoms with Gasteiger partial charge in [-0.1, -0.05) is 6.07 Å². The predicted octanol–water partition coefficient (Wildman–Crippen LogP) is 2.01. The highest BCUT2D eigenvalue weighted by Gasteiger charge is 2.21. The molecule has 0 saturated carbocycles. The molecule has 0 radical (unpaired) electrons. The zero-order valence-corrected chi connectivity index (χ0v) is 12.5. The highest BCUT2D eigenvalue weighted by Crippen LogP contribution is 2.21. The van der Waals surface area contributed by atoms with Crippen LogP contribution in [0.3, 0.4) is 0 Å². The second-order valence-corrected chi connectivity index (χ2v) is 5.53. The zero-order valence-electron chi connectivity index (χ0n) is 11.6. The van der Waals surface area contributed by atoms with Crippen molar-refractivity contribution in [1.82, 2.24) is 10.6 Å². The molecule has 0 aromatic heterocycles. The highest BCUT2D eigenvalue weighted by molar-refractivity contribution is 5.94. The molecule has 1 aromatic rings. The second-order valence-electron chi connectivity index (χ2n) is 5.53. The van der Waals surface area contributed by atoms with Gasteiger partial charge in [0.25, 0.3) is 5.91 Å². The summed E-state index contributed by atoms with van der Waals surface area (Å²) in [6.07, 6.45) is 2.00. The van der Waals surface area contributed by atoms with Gasteiger partial charge < -0.3 is 15.4 Å². The van der Waals surface area contributed by atoms with Crippen molar-refractivity contribution in [2.45, 2.75) is 45.1 Å². The summed E-state index contributed by atoms with van der Waals surface area (Å²) in [7, 11) is 0. The van der Waals surface area contributed by atoms with Gasteiger partial charge in [0.2, 0.25) is 0 Å². The zero-order chi connectivity index (χ0) is 13.2. The van der Waals surface area contributed by atoms with Crippen LogP contribution in [0.4, 0.5) is 0 Å². The lowest BCUT2D eigenvalue weighted by Gasteiger charge is -2.28. The van der Waals surface area contributed by atoms with E-state index in [1.807, 2.05) is 18.2 Å². The van der Waals surface area contributed by atoms with Crippen molar-refractivity contribution in [3.05, 3.63) is 34.9 Å². The fourth-order valence-electron chi connectivity index (χ4n) is 2.85. The van der Waals surface area contributed by atoms with Crippen LogP contribution in [0.1, 0.15) is 41.3 Å². The summed E-state index contributed by atoms with van der Waals surface area (Å²) in [6.45, 7) is 4.43. The van der Waals surface area contributed by atoms with E-state index in [0.29, 0.717) is 19.3 Å². The van der Waals surface area contributed by atoms with Crippen molar-refractivity contribution >= 4 is 18.3 Å². The number of nitrogens with one attached hydrogen (secondary N) is 2. The van der Waals surface area contributed by atoms with E-state index in [0.717, 1.165) is 30.5 Å². The number of ether oxygens (including phenoxy) is 1. The number of halogens is 1. The monoisotopic (exact) mass is 296 g/mol. The lowest BCUT2D eigenvalue weighted by atomic mass is 9.99. The van der Waals surface area contributed by atoms with Gasteiger partial charge in [0.05, 0.1) is 13.2 Å². The van der Waals surface area contributed by atoms with Crippen LogP contribution in [-0.2, 0) is 18.0 Å². The number of fused-ring (bicyclic) bond motifs is 1. The van der Waals surface area contributed by atoms with E-state index in [1.165, 1.54) is 5.56 Å². The maximum Gasteiger partial charge on any atom is 0.251 e. The van der Waals surface area contributed by atoms with Gasteiger partial charge in [0, 0.05) is 17.6 Å². The van der Waals surface area contributed by atoms with Crippen LogP contribution >= 0.6 is 12.4 Å². The molecule has 2 N–H and O–H groups in total. The van der Waals surface area contributed by atoms with Crippen molar-refractivity contribution < 1.29 is 9.53 Å². The average Bonchev–Trinajstić information content (AvgIpc) is 2.85. The molecule has 0 bridgehead atoms. The number of carbonyl (C=O) groups excluding carboxylic acids is 1. The first-order valence-corrected chi connectivity index (χ1v) is 6.96. The third-order valence-corrected chi connectivity index (χ3v) is 3.94. The first kappa shape index (κ1) is 15.3. The fraction of sp³-hybridized carbons (Fsp3) is 0.533. The van der Waals surface area contributed by atoms with Gasteiger partial charge in [-0.3, -0.25) is 4.79 Å². The number of piperidine rings is 1. The molecule has 20 heavy (non-hydrogen) atoms. The van der Waals surface area contributed by atoms with E-state index in [9.17, 15) is 4.79 Å². The normalized spacial score (nSPS) is 24.6. The third kappa shape index (κ3) is 3.32. The minimum atomic E-state index is 0. The van der Waals surface area contributed by atoms with Crippen LogP contribution in [0.5, 0.6) is 0 Å². The Morgan fingerprint density at radius 2 is 2.15 bits per heavy atom. The van der Waals surface area contributed by atoms with Gasteiger partial charge in [-0.25, -0.2) is 0 Å². The van der Waals surface area contributed by atoms with Gasteiger partial charge in [-0.05, 0) is 49.6 Å². The predicted molar refractivity (Wildman–Crippen MR) is 80.1 cm³/mol. The number of benzene rings is 1. The molecule has 3 rings (SSSR count). The molecule has 2 heterocycles. The van der Waals surface area contributed by atoms with E-state index < -0.39 is 0 Å². The smallest absolute Gasteiger partial charge is 0.251 e. The fourth-order valence-corrected chi connectivity index (χ4v) is 2.85. The molecule has 2 unspecified atom stereocenters. The molecule has 2 aliphatic rings. The lowest BCUT2D eigenvalue weighted by Crippen LogP contribution is -2.46. The number of rotatable bonds is 2. The van der Waals surface area contributed by atoms with Crippen LogP contribution in [0.2, 0.25) is 0 Å². The summed E-state index contributed by atoms with van der Waals surface area (Å²) in [6, 6.07) is 6.62. The SMILES string of the molecule is CC1CC(NC(=O)c2ccc3c(c2)COC3)CCN1.Cl. The first-order chi connectivity index (χ1) is 9.22. The maximum absolute atomic E-state index is 12.2. The van der Waals surface area contributed by atoms with Crippen molar-refractivity contribution in [2.24, 2.45) is 0 Å². The van der Waals surface area contributed by atoms with Crippen molar-refractivity contribution in [3.8, 4) is 0 Å². The van der Waals surface area contributed by atoms with Gasteiger partial charge >= 0.3 is 0 Å². The van der Waals surface area contributed by atoms with Crippen LogP contribution in [-0.4, -0.2) is 24.5 Å². The standard InChI is InChI=1S/C15H20N2O2.ClH/c1-10-6-14(4-5-16-10)17-15(18)11-2-3-12-8-19-9-13(12)7-11;/h2-3,7,10,14,16H,4-6,8-9H2,1H3,(H,17,18);1H. The summed E-state index contributed by atoms with van der Waals surface area (Å²) < 4.78 is 5.37. The molecule has 5 heteroatoms. The third-order valence-electron chi connectivity index (χ3n) is 3.94. The van der Waals surface area contributed by atoms with Gasteiger partial charge in [0.15, 0.2) is 0 Å². The first-order valence-electron chi connectivity index (χ1n) is 6.96. The molecule has 1 aromatic carbocycles. The Labute approximate surface area is 125 Å². The molecule has 0 aliphatic carbocycles. The van der Waals surface area contributed by atoms with E-state index in [2.05, 4.69) is 17.6 Å². The Morgan fingerprint density at radius 1 is 1.35 bits per heavy atom. The van der Waals surface area contributed by atoms with Crippen LogP contribution in [0.15, 0.2) is 18.2 Å². The Kier molecular flexibility index (Phi) is 5.02. The van der Waals surface area contributed by atoms with Crippen LogP contribution in [0, 0.1) is 0 Å². The molecule has 1 amide bonds. The minimum Gasteiger partial charge on any atom is -0.372 e. The summed E-state index contributed by atoms with van der Waals surface area (Å²) in [5.41, 5.74) is 3.09. The number of carbonyl (C=O) groups is 1. The lowest BCUT2D eigenvalue weighted by molar-refractivity contribution is 0.0925. The van der Waals surface area contributed by atoms with Crippen molar-refractivity contribution in [3.63, 3.8) is 0 Å². The minimum absolute atomic E-state index is 0. The summed E-state index contributed by atoms with van der Waals surface area (Å²) in [5, 5.41) is 6.53. The molecular formula is C15H21ClN2O2. The Balaban J connectivity index is 0.00000147. The van der Waals surface area contributed by atoms with Crippen molar-refractivity contribution in [1.29, 1.82) is 0 Å². The molecule has 4 nitrogen and oxygen atoms in total. The molecule has 2 aliphatic heterocycles. The molecule has 110 valence electrons. The number of hydrogen-bond donors (Lipinski definition) is 2. The maximum atomic E-state index is 12.2. The highest BCUT2D eigenvalue weighted by atomic mass is 35.5. The Hall–Kier alpha value is -1.10. The van der Waals surface area contributed by atoms with Crippen LogP contribution < -0.4 is 10.6 Å². The molecule has 2 atom stereocenters. The van der Waals surface area contributed by atoms with Gasteiger partial charge in [0.1, 0.15) is 0 Å². The second kappa shape index (κ2) is 6.57. The van der Waals surface area contributed by atoms with Crippen LogP contribution in [0.25, 0.3) is 0 Å². The summed E-state index contributed by atoms with van der Waals surface area (Å²) in [4.78, 5) is 12.2. The van der Waals surface area contributed by atoms with E-state index in [-0.39, 0.29) is 24.4 Å². The molecule has 0 spiro atoms. The largest absolute Gasteiger partial charge is 0.372 e. The van der Waals surface area contributed by atoms with Crippen molar-refractivity contribution in [2.75, 3.05) is 6.54 Å². The molecular weight excluding hydrogens is 276 g/mol. The number of hydrogen-bond acceptors (Lipinski definition) is 3. The quantitative estimate of drug-likeness (QED) is 0.878. The number of amides is 1. The Morgan fingerprint density at radius 3 is 2.95 bits per heavy atom. The van der Waals surface area contributed by atoms with E-state index in [4.69, 9.17) is 4.74 Å². The van der Waals surface area contributed by atoms with Gasteiger partial charge in [-0.15, -0.1) is 12.4 Å².